The van der Waals surface area contributed by atoms with Crippen LogP contribution in [-0.4, -0.2) is 64.2 Å². The van der Waals surface area contributed by atoms with E-state index < -0.39 is 14.4 Å². The number of carbonyl (C=O) groups is 1. The van der Waals surface area contributed by atoms with Crippen LogP contribution < -0.4 is 5.56 Å². The molecular weight excluding hydrogens is 534 g/mol. The van der Waals surface area contributed by atoms with Gasteiger partial charge in [0.15, 0.2) is 0 Å². The molecule has 3 aromatic heterocycles. The number of allylic oxidation sites excluding steroid dienone is 1. The summed E-state index contributed by atoms with van der Waals surface area (Å²) >= 11 is 0. The molecule has 41 heavy (non-hydrogen) atoms. The third-order valence-corrected chi connectivity index (χ3v) is 8.57. The molecule has 0 spiro atoms. The SMILES string of the molecule is C=C(C)c1c(-c2cc(C)c(=O)n(C)c2)n(COCC[Si](C)C)c2cnc(C3CCN(C(=O)OC(C)(C)C)CC3)nc12. The second-order valence-corrected chi connectivity index (χ2v) is 15.4. The Morgan fingerprint density at radius 3 is 2.49 bits per heavy atom. The minimum Gasteiger partial charge on any atom is -0.444 e. The minimum absolute atomic E-state index is 0.0232. The molecule has 0 saturated carbocycles. The maximum atomic E-state index is 12.6. The number of aromatic nitrogens is 4. The normalized spacial score (nSPS) is 14.7. The first-order valence-electron chi connectivity index (χ1n) is 14.3. The van der Waals surface area contributed by atoms with Gasteiger partial charge in [-0.15, -0.1) is 0 Å². The van der Waals surface area contributed by atoms with Gasteiger partial charge in [-0.1, -0.05) is 19.7 Å². The highest BCUT2D eigenvalue weighted by molar-refractivity contribution is 6.55. The third-order valence-electron chi connectivity index (χ3n) is 7.36. The maximum absolute atomic E-state index is 12.6. The lowest BCUT2D eigenvalue weighted by Crippen LogP contribution is -2.41. The Balaban J connectivity index is 1.74. The molecule has 0 bridgehead atoms. The number of amides is 1. The van der Waals surface area contributed by atoms with E-state index in [9.17, 15) is 9.59 Å². The molecule has 1 radical (unpaired) electrons. The van der Waals surface area contributed by atoms with Crippen LogP contribution in [0, 0.1) is 6.92 Å². The molecule has 1 fully saturated rings. The monoisotopic (exact) mass is 578 g/mol. The highest BCUT2D eigenvalue weighted by atomic mass is 28.3. The number of ether oxygens (including phenoxy) is 2. The molecule has 1 aliphatic rings. The van der Waals surface area contributed by atoms with Crippen molar-refractivity contribution in [2.24, 2.45) is 7.05 Å². The molecule has 0 unspecified atom stereocenters. The summed E-state index contributed by atoms with van der Waals surface area (Å²) in [6.07, 6.45) is 5.02. The second kappa shape index (κ2) is 12.3. The predicted molar refractivity (Wildman–Crippen MR) is 166 cm³/mol. The van der Waals surface area contributed by atoms with Crippen molar-refractivity contribution < 1.29 is 14.3 Å². The summed E-state index contributed by atoms with van der Waals surface area (Å²) in [5.41, 5.74) is 5.49. The number of piperidine rings is 1. The van der Waals surface area contributed by atoms with Crippen LogP contribution in [-0.2, 0) is 23.3 Å². The van der Waals surface area contributed by atoms with Gasteiger partial charge < -0.3 is 23.5 Å². The zero-order valence-electron chi connectivity index (χ0n) is 25.8. The number of carbonyl (C=O) groups excluding carboxylic acids is 1. The number of hydrogen-bond acceptors (Lipinski definition) is 6. The van der Waals surface area contributed by atoms with E-state index in [2.05, 4.69) is 24.2 Å². The first-order valence-corrected chi connectivity index (χ1v) is 17.0. The van der Waals surface area contributed by atoms with Crippen molar-refractivity contribution >= 4 is 31.5 Å². The van der Waals surface area contributed by atoms with Gasteiger partial charge in [-0.2, -0.15) is 0 Å². The lowest BCUT2D eigenvalue weighted by Gasteiger charge is -2.32. The summed E-state index contributed by atoms with van der Waals surface area (Å²) in [5, 5.41) is 0. The summed E-state index contributed by atoms with van der Waals surface area (Å²) in [4.78, 5) is 36.8. The largest absolute Gasteiger partial charge is 0.444 e. The molecule has 1 saturated heterocycles. The van der Waals surface area contributed by atoms with Crippen molar-refractivity contribution in [2.45, 2.75) is 84.8 Å². The van der Waals surface area contributed by atoms with Gasteiger partial charge in [0.2, 0.25) is 0 Å². The molecule has 221 valence electrons. The first kappa shape index (κ1) is 30.7. The zero-order chi connectivity index (χ0) is 30.1. The number of likely N-dealkylation sites (tertiary alicyclic amines) is 1. The average Bonchev–Trinajstić information content (AvgIpc) is 3.22. The summed E-state index contributed by atoms with van der Waals surface area (Å²) < 4.78 is 15.5. The van der Waals surface area contributed by atoms with E-state index in [0.29, 0.717) is 32.0 Å². The first-order chi connectivity index (χ1) is 19.3. The fourth-order valence-corrected chi connectivity index (χ4v) is 5.81. The predicted octanol–water partition coefficient (Wildman–Crippen LogP) is 5.98. The van der Waals surface area contributed by atoms with Gasteiger partial charge in [-0.05, 0) is 65.1 Å². The van der Waals surface area contributed by atoms with Gasteiger partial charge >= 0.3 is 6.09 Å². The van der Waals surface area contributed by atoms with Crippen LogP contribution in [0.15, 0.2) is 29.8 Å². The smallest absolute Gasteiger partial charge is 0.410 e. The summed E-state index contributed by atoms with van der Waals surface area (Å²) in [5.74, 6) is 0.905. The minimum atomic E-state index is -0.518. The second-order valence-electron chi connectivity index (χ2n) is 12.5. The maximum Gasteiger partial charge on any atom is 0.410 e. The molecular formula is C31H44N5O4Si. The number of nitrogens with zero attached hydrogens (tertiary/aromatic N) is 5. The summed E-state index contributed by atoms with van der Waals surface area (Å²) in [6, 6.07) is 2.99. The van der Waals surface area contributed by atoms with E-state index in [1.54, 1.807) is 16.5 Å². The molecule has 1 amide bonds. The van der Waals surface area contributed by atoms with E-state index >= 15 is 0 Å². The van der Waals surface area contributed by atoms with Crippen molar-refractivity contribution in [1.82, 2.24) is 24.0 Å². The van der Waals surface area contributed by atoms with Crippen LogP contribution in [0.4, 0.5) is 4.79 Å². The molecule has 9 nitrogen and oxygen atoms in total. The molecule has 0 aromatic carbocycles. The van der Waals surface area contributed by atoms with Crippen LogP contribution in [0.5, 0.6) is 0 Å². The van der Waals surface area contributed by atoms with E-state index in [1.165, 1.54) is 0 Å². The average molecular weight is 579 g/mol. The van der Waals surface area contributed by atoms with Gasteiger partial charge in [0.1, 0.15) is 23.7 Å². The Morgan fingerprint density at radius 1 is 1.22 bits per heavy atom. The quantitative estimate of drug-likeness (QED) is 0.241. The molecule has 1 aliphatic heterocycles. The van der Waals surface area contributed by atoms with Gasteiger partial charge in [-0.3, -0.25) is 4.79 Å². The van der Waals surface area contributed by atoms with Gasteiger partial charge in [0.05, 0.1) is 17.4 Å². The Labute approximate surface area is 244 Å². The summed E-state index contributed by atoms with van der Waals surface area (Å²) in [6.45, 7) is 20.6. The Bertz CT molecular complexity index is 1470. The van der Waals surface area contributed by atoms with Crippen molar-refractivity contribution in [3.05, 3.63) is 52.3 Å². The van der Waals surface area contributed by atoms with Crippen LogP contribution in [0.1, 0.15) is 63.4 Å². The van der Waals surface area contributed by atoms with E-state index in [4.69, 9.17) is 19.4 Å². The van der Waals surface area contributed by atoms with Crippen molar-refractivity contribution in [2.75, 3.05) is 19.7 Å². The Kier molecular flexibility index (Phi) is 9.23. The lowest BCUT2D eigenvalue weighted by atomic mass is 9.96. The molecule has 0 atom stereocenters. The highest BCUT2D eigenvalue weighted by Crippen LogP contribution is 2.38. The highest BCUT2D eigenvalue weighted by Gasteiger charge is 2.30. The Morgan fingerprint density at radius 2 is 1.90 bits per heavy atom. The van der Waals surface area contributed by atoms with E-state index in [-0.39, 0.29) is 17.6 Å². The lowest BCUT2D eigenvalue weighted by molar-refractivity contribution is 0.0203. The summed E-state index contributed by atoms with van der Waals surface area (Å²) in [7, 11) is 1.38. The van der Waals surface area contributed by atoms with E-state index in [1.807, 2.05) is 53.1 Å². The van der Waals surface area contributed by atoms with Crippen LogP contribution in [0.25, 0.3) is 27.9 Å². The van der Waals surface area contributed by atoms with Gasteiger partial charge in [0, 0.05) is 64.3 Å². The molecule has 4 rings (SSSR count). The molecule has 10 heteroatoms. The number of aryl methyl sites for hydroxylation is 2. The van der Waals surface area contributed by atoms with Crippen LogP contribution in [0.2, 0.25) is 19.1 Å². The standard InChI is InChI=1S/C31H44N5O4Si/c1-20(2)25-26-24(17-32-28(33-26)22-10-12-35(13-11-22)30(38)40-31(4,5)6)36(19-39-14-15-41(8)9)27(25)23-16-21(3)29(37)34(7)18-23/h16-18,22H,1,10-15,19H2,2-9H3. The number of fused-ring (bicyclic) bond motifs is 1. The van der Waals surface area contributed by atoms with Crippen molar-refractivity contribution in [1.29, 1.82) is 0 Å². The van der Waals surface area contributed by atoms with Crippen LogP contribution in [0.3, 0.4) is 0 Å². The number of pyridine rings is 1. The van der Waals surface area contributed by atoms with Crippen LogP contribution >= 0.6 is 0 Å². The molecule has 0 aliphatic carbocycles. The zero-order valence-corrected chi connectivity index (χ0v) is 26.8. The Hall–Kier alpha value is -3.24. The number of hydrogen-bond donors (Lipinski definition) is 0. The molecule has 3 aromatic rings. The fourth-order valence-electron chi connectivity index (χ4n) is 5.26. The molecule has 4 heterocycles. The fraction of sp³-hybridized carbons (Fsp3) is 0.548. The molecule has 0 N–H and O–H groups in total. The van der Waals surface area contributed by atoms with Crippen molar-refractivity contribution in [3.8, 4) is 11.3 Å². The number of rotatable bonds is 8. The van der Waals surface area contributed by atoms with Gasteiger partial charge in [0.25, 0.3) is 5.56 Å². The van der Waals surface area contributed by atoms with Crippen molar-refractivity contribution in [3.63, 3.8) is 0 Å². The van der Waals surface area contributed by atoms with E-state index in [0.717, 1.165) is 58.1 Å². The third kappa shape index (κ3) is 6.98. The topological polar surface area (TPSA) is 91.5 Å². The van der Waals surface area contributed by atoms with Gasteiger partial charge in [-0.25, -0.2) is 14.8 Å².